The Bertz CT molecular complexity index is 169. The van der Waals surface area contributed by atoms with Crippen molar-refractivity contribution in [3.05, 3.63) is 0 Å². The van der Waals surface area contributed by atoms with Gasteiger partial charge in [0.25, 0.3) is 0 Å². The van der Waals surface area contributed by atoms with Crippen LogP contribution in [0.5, 0.6) is 0 Å². The second-order valence-corrected chi connectivity index (χ2v) is 5.06. The van der Waals surface area contributed by atoms with E-state index in [1.165, 1.54) is 0 Å². The van der Waals surface area contributed by atoms with Gasteiger partial charge in [0.2, 0.25) is 0 Å². The predicted octanol–water partition coefficient (Wildman–Crippen LogP) is 1.41. The molecule has 0 saturated heterocycles. The number of esters is 1. The summed E-state index contributed by atoms with van der Waals surface area (Å²) in [7, 11) is 0. The van der Waals surface area contributed by atoms with Crippen molar-refractivity contribution in [1.82, 2.24) is 0 Å². The molecule has 0 amide bonds. The number of thioether (sulfide) groups is 1. The van der Waals surface area contributed by atoms with Gasteiger partial charge in [-0.05, 0) is 19.1 Å². The van der Waals surface area contributed by atoms with Crippen molar-refractivity contribution in [1.29, 1.82) is 0 Å². The van der Waals surface area contributed by atoms with Crippen LogP contribution < -0.4 is 5.73 Å². The number of carbonyl (C=O) groups is 1. The average Bonchev–Trinajstić information content (AvgIpc) is 2.01. The molecular weight excluding hydrogens is 186 g/mol. The molecule has 0 rings (SSSR count). The lowest BCUT2D eigenvalue weighted by Gasteiger charge is -2.22. The summed E-state index contributed by atoms with van der Waals surface area (Å²) in [5, 5.41) is 0.484. The summed E-state index contributed by atoms with van der Waals surface area (Å²) in [5.74, 6) is 0.284. The first-order chi connectivity index (χ1) is 5.90. The number of hydrogen-bond donors (Lipinski definition) is 1. The minimum Gasteiger partial charge on any atom is -0.465 e. The molecule has 0 saturated carbocycles. The maximum atomic E-state index is 11.3. The van der Waals surface area contributed by atoms with Gasteiger partial charge in [0.1, 0.15) is 5.54 Å². The number of ether oxygens (including phenoxy) is 1. The minimum absolute atomic E-state index is 0.317. The Morgan fingerprint density at radius 3 is 2.54 bits per heavy atom. The highest BCUT2D eigenvalue weighted by Gasteiger charge is 2.29. The summed E-state index contributed by atoms with van der Waals surface area (Å²) in [6, 6.07) is 0. The van der Waals surface area contributed by atoms with E-state index >= 15 is 0 Å². The van der Waals surface area contributed by atoms with Crippen LogP contribution in [0.15, 0.2) is 0 Å². The molecule has 0 aromatic rings. The normalized spacial score (nSPS) is 15.5. The molecule has 1 atom stereocenters. The van der Waals surface area contributed by atoms with Crippen molar-refractivity contribution in [2.75, 3.05) is 12.4 Å². The lowest BCUT2D eigenvalue weighted by molar-refractivity contribution is -0.148. The molecule has 0 aromatic carbocycles. The van der Waals surface area contributed by atoms with Gasteiger partial charge in [-0.15, -0.1) is 0 Å². The van der Waals surface area contributed by atoms with Gasteiger partial charge in [0.05, 0.1) is 6.61 Å². The summed E-state index contributed by atoms with van der Waals surface area (Å²) >= 11 is 1.67. The van der Waals surface area contributed by atoms with Crippen molar-refractivity contribution >= 4 is 17.7 Å². The SMILES string of the molecule is CCOC(=O)C(C)(N)CSC(C)C. The van der Waals surface area contributed by atoms with Crippen LogP contribution in [0.4, 0.5) is 0 Å². The molecule has 2 N–H and O–H groups in total. The van der Waals surface area contributed by atoms with E-state index in [-0.39, 0.29) is 5.97 Å². The Labute approximate surface area is 84.4 Å². The van der Waals surface area contributed by atoms with Gasteiger partial charge < -0.3 is 10.5 Å². The zero-order chi connectivity index (χ0) is 10.5. The van der Waals surface area contributed by atoms with Crippen LogP contribution in [0.1, 0.15) is 27.7 Å². The van der Waals surface area contributed by atoms with E-state index < -0.39 is 5.54 Å². The van der Waals surface area contributed by atoms with Crippen molar-refractivity contribution < 1.29 is 9.53 Å². The number of carbonyl (C=O) groups excluding carboxylic acids is 1. The Hall–Kier alpha value is -0.220. The molecule has 4 heteroatoms. The molecule has 0 aromatic heterocycles. The molecule has 0 spiro atoms. The summed E-state index contributed by atoms with van der Waals surface area (Å²) in [5.41, 5.74) is 4.94. The second-order valence-electron chi connectivity index (χ2n) is 3.50. The minimum atomic E-state index is -0.856. The van der Waals surface area contributed by atoms with Crippen molar-refractivity contribution in [3.8, 4) is 0 Å². The van der Waals surface area contributed by atoms with Gasteiger partial charge in [-0.1, -0.05) is 13.8 Å². The van der Waals surface area contributed by atoms with E-state index in [0.717, 1.165) is 0 Å². The van der Waals surface area contributed by atoms with Crippen LogP contribution in [0, 0.1) is 0 Å². The molecular formula is C9H19NO2S. The van der Waals surface area contributed by atoms with Gasteiger partial charge in [-0.2, -0.15) is 11.8 Å². The van der Waals surface area contributed by atoms with Gasteiger partial charge in [-0.25, -0.2) is 0 Å². The van der Waals surface area contributed by atoms with E-state index in [4.69, 9.17) is 10.5 Å². The molecule has 0 bridgehead atoms. The highest BCUT2D eigenvalue weighted by molar-refractivity contribution is 7.99. The molecule has 0 heterocycles. The third kappa shape index (κ3) is 5.16. The summed E-state index contributed by atoms with van der Waals surface area (Å²) in [6.07, 6.45) is 0. The van der Waals surface area contributed by atoms with Gasteiger partial charge in [0.15, 0.2) is 0 Å². The van der Waals surface area contributed by atoms with Crippen molar-refractivity contribution in [2.24, 2.45) is 5.73 Å². The maximum absolute atomic E-state index is 11.3. The molecule has 13 heavy (non-hydrogen) atoms. The smallest absolute Gasteiger partial charge is 0.326 e. The van der Waals surface area contributed by atoms with Crippen molar-refractivity contribution in [3.63, 3.8) is 0 Å². The molecule has 1 unspecified atom stereocenters. The van der Waals surface area contributed by atoms with E-state index in [0.29, 0.717) is 17.6 Å². The lowest BCUT2D eigenvalue weighted by atomic mass is 10.1. The summed E-state index contributed by atoms with van der Waals surface area (Å²) < 4.78 is 4.86. The second kappa shape index (κ2) is 5.50. The fourth-order valence-electron chi connectivity index (χ4n) is 0.695. The Morgan fingerprint density at radius 1 is 1.62 bits per heavy atom. The molecule has 0 aliphatic heterocycles. The molecule has 0 radical (unpaired) electrons. The quantitative estimate of drug-likeness (QED) is 0.689. The van der Waals surface area contributed by atoms with E-state index in [9.17, 15) is 4.79 Å². The third-order valence-electron chi connectivity index (χ3n) is 1.46. The lowest BCUT2D eigenvalue weighted by Crippen LogP contribution is -2.48. The standard InChI is InChI=1S/C9H19NO2S/c1-5-12-8(11)9(4,10)6-13-7(2)3/h7H,5-6,10H2,1-4H3. The van der Waals surface area contributed by atoms with Gasteiger partial charge in [-0.3, -0.25) is 4.79 Å². The largest absolute Gasteiger partial charge is 0.465 e. The van der Waals surface area contributed by atoms with Crippen LogP contribution in [-0.2, 0) is 9.53 Å². The van der Waals surface area contributed by atoms with E-state index in [2.05, 4.69) is 13.8 Å². The summed E-state index contributed by atoms with van der Waals surface area (Å²) in [4.78, 5) is 11.3. The Balaban J connectivity index is 3.98. The zero-order valence-corrected chi connectivity index (χ0v) is 9.61. The fourth-order valence-corrected chi connectivity index (χ4v) is 1.49. The topological polar surface area (TPSA) is 52.3 Å². The van der Waals surface area contributed by atoms with E-state index in [1.807, 2.05) is 0 Å². The Kier molecular flexibility index (Phi) is 5.40. The molecule has 0 aliphatic rings. The molecule has 0 fully saturated rings. The van der Waals surface area contributed by atoms with E-state index in [1.54, 1.807) is 25.6 Å². The predicted molar refractivity (Wildman–Crippen MR) is 56.8 cm³/mol. The first kappa shape index (κ1) is 12.8. The maximum Gasteiger partial charge on any atom is 0.326 e. The van der Waals surface area contributed by atoms with Crippen LogP contribution in [0.2, 0.25) is 0 Å². The van der Waals surface area contributed by atoms with Gasteiger partial charge in [0, 0.05) is 5.75 Å². The summed E-state index contributed by atoms with van der Waals surface area (Å²) in [6.45, 7) is 8.03. The van der Waals surface area contributed by atoms with Crippen LogP contribution in [-0.4, -0.2) is 29.1 Å². The highest BCUT2D eigenvalue weighted by atomic mass is 32.2. The number of rotatable bonds is 5. The molecule has 78 valence electrons. The van der Waals surface area contributed by atoms with Gasteiger partial charge >= 0.3 is 5.97 Å². The first-order valence-electron chi connectivity index (χ1n) is 4.48. The molecule has 3 nitrogen and oxygen atoms in total. The van der Waals surface area contributed by atoms with Crippen molar-refractivity contribution in [2.45, 2.75) is 38.5 Å². The third-order valence-corrected chi connectivity index (χ3v) is 2.89. The van der Waals surface area contributed by atoms with Crippen LogP contribution >= 0.6 is 11.8 Å². The number of nitrogens with two attached hydrogens (primary N) is 1. The monoisotopic (exact) mass is 205 g/mol. The van der Waals surface area contributed by atoms with Crippen LogP contribution in [0.25, 0.3) is 0 Å². The Morgan fingerprint density at radius 2 is 2.15 bits per heavy atom. The highest BCUT2D eigenvalue weighted by Crippen LogP contribution is 2.16. The first-order valence-corrected chi connectivity index (χ1v) is 5.52. The average molecular weight is 205 g/mol. The molecule has 0 aliphatic carbocycles. The van der Waals surface area contributed by atoms with Crippen LogP contribution in [0.3, 0.4) is 0 Å². The zero-order valence-electron chi connectivity index (χ0n) is 8.79. The fraction of sp³-hybridized carbons (Fsp3) is 0.889. The number of hydrogen-bond acceptors (Lipinski definition) is 4.